The largest absolute Gasteiger partial charge is 0.350 e. The lowest BCUT2D eigenvalue weighted by atomic mass is 10.1. The topological polar surface area (TPSA) is 46.9 Å². The van der Waals surface area contributed by atoms with Crippen molar-refractivity contribution in [2.45, 2.75) is 27.3 Å². The second kappa shape index (κ2) is 6.52. The number of benzene rings is 1. The number of rotatable bonds is 5. The summed E-state index contributed by atoms with van der Waals surface area (Å²) >= 11 is 0. The van der Waals surface area contributed by atoms with Crippen molar-refractivity contribution in [3.63, 3.8) is 0 Å². The predicted octanol–water partition coefficient (Wildman–Crippen LogP) is 3.09. The Balaban J connectivity index is 2.29. The summed E-state index contributed by atoms with van der Waals surface area (Å²) in [6.07, 6.45) is 0. The van der Waals surface area contributed by atoms with Gasteiger partial charge in [-0.25, -0.2) is 4.39 Å². The molecule has 0 unspecified atom stereocenters. The third-order valence-electron chi connectivity index (χ3n) is 3.10. The molecule has 1 aromatic heterocycles. The Morgan fingerprint density at radius 2 is 2.14 bits per heavy atom. The summed E-state index contributed by atoms with van der Waals surface area (Å²) in [5, 5.41) is 7.25. The Hall–Kier alpha value is -2.17. The highest BCUT2D eigenvalue weighted by molar-refractivity contribution is 5.93. The van der Waals surface area contributed by atoms with Crippen LogP contribution in [0, 0.1) is 11.7 Å². The van der Waals surface area contributed by atoms with Gasteiger partial charge in [0.15, 0.2) is 0 Å². The van der Waals surface area contributed by atoms with Gasteiger partial charge in [0.1, 0.15) is 11.5 Å². The molecule has 1 N–H and O–H groups in total. The molecule has 1 amide bonds. The molecule has 0 saturated carbocycles. The zero-order valence-electron chi connectivity index (χ0n) is 12.6. The van der Waals surface area contributed by atoms with Gasteiger partial charge in [0.25, 0.3) is 5.91 Å². The molecular weight excluding hydrogens is 269 g/mol. The van der Waals surface area contributed by atoms with Crippen LogP contribution in [0.25, 0.3) is 11.3 Å². The number of hydrogen-bond donors (Lipinski definition) is 1. The molecule has 4 nitrogen and oxygen atoms in total. The minimum atomic E-state index is -0.315. The number of nitrogens with one attached hydrogen (secondary N) is 1. The number of nitrogens with zero attached hydrogens (tertiary/aromatic N) is 2. The minimum absolute atomic E-state index is 0.152. The third-order valence-corrected chi connectivity index (χ3v) is 3.10. The first kappa shape index (κ1) is 15.2. The van der Waals surface area contributed by atoms with Gasteiger partial charge in [0.05, 0.1) is 5.69 Å². The molecule has 0 atom stereocenters. The van der Waals surface area contributed by atoms with Crippen LogP contribution in [0.2, 0.25) is 0 Å². The van der Waals surface area contributed by atoms with E-state index in [1.807, 2.05) is 20.8 Å². The normalized spacial score (nSPS) is 10.9. The highest BCUT2D eigenvalue weighted by Gasteiger charge is 2.15. The van der Waals surface area contributed by atoms with Gasteiger partial charge in [-0.2, -0.15) is 5.10 Å². The Kier molecular flexibility index (Phi) is 4.73. The molecule has 5 heteroatoms. The number of halogens is 1. The molecule has 1 aromatic carbocycles. The van der Waals surface area contributed by atoms with Gasteiger partial charge in [-0.05, 0) is 31.0 Å². The fraction of sp³-hybridized carbons (Fsp3) is 0.375. The summed E-state index contributed by atoms with van der Waals surface area (Å²) in [5.41, 5.74) is 1.77. The van der Waals surface area contributed by atoms with E-state index in [0.717, 1.165) is 0 Å². The summed E-state index contributed by atoms with van der Waals surface area (Å²) < 4.78 is 14.9. The molecule has 0 radical (unpaired) electrons. The molecule has 21 heavy (non-hydrogen) atoms. The highest BCUT2D eigenvalue weighted by Crippen LogP contribution is 2.20. The molecule has 112 valence electrons. The minimum Gasteiger partial charge on any atom is -0.350 e. The lowest BCUT2D eigenvalue weighted by molar-refractivity contribution is 0.0938. The van der Waals surface area contributed by atoms with E-state index in [2.05, 4.69) is 10.4 Å². The Bertz CT molecular complexity index is 634. The van der Waals surface area contributed by atoms with Crippen LogP contribution in [0.15, 0.2) is 30.3 Å². The van der Waals surface area contributed by atoms with Crippen LogP contribution < -0.4 is 5.32 Å². The quantitative estimate of drug-likeness (QED) is 0.919. The third kappa shape index (κ3) is 3.68. The number of aromatic nitrogens is 2. The van der Waals surface area contributed by atoms with Crippen LogP contribution in [0.3, 0.4) is 0 Å². The van der Waals surface area contributed by atoms with Crippen molar-refractivity contribution in [1.29, 1.82) is 0 Å². The summed E-state index contributed by atoms with van der Waals surface area (Å²) in [5.74, 6) is -0.0836. The van der Waals surface area contributed by atoms with Gasteiger partial charge in [0, 0.05) is 18.7 Å². The zero-order chi connectivity index (χ0) is 15.4. The fourth-order valence-corrected chi connectivity index (χ4v) is 2.02. The summed E-state index contributed by atoms with van der Waals surface area (Å²) in [4.78, 5) is 12.2. The Morgan fingerprint density at radius 3 is 2.76 bits per heavy atom. The molecule has 0 aliphatic heterocycles. The van der Waals surface area contributed by atoms with E-state index in [-0.39, 0.29) is 11.7 Å². The van der Waals surface area contributed by atoms with Gasteiger partial charge in [-0.1, -0.05) is 26.0 Å². The zero-order valence-corrected chi connectivity index (χ0v) is 12.6. The van der Waals surface area contributed by atoms with E-state index in [0.29, 0.717) is 36.0 Å². The fourth-order valence-electron chi connectivity index (χ4n) is 2.02. The van der Waals surface area contributed by atoms with Gasteiger partial charge in [0.2, 0.25) is 0 Å². The predicted molar refractivity (Wildman–Crippen MR) is 80.5 cm³/mol. The number of amides is 1. The van der Waals surface area contributed by atoms with Crippen LogP contribution in [-0.4, -0.2) is 22.2 Å². The van der Waals surface area contributed by atoms with E-state index >= 15 is 0 Å². The molecule has 0 aliphatic rings. The SMILES string of the molecule is CCn1nc(-c2cccc(F)c2)cc1C(=O)NCC(C)C. The van der Waals surface area contributed by atoms with Crippen LogP contribution in [0.1, 0.15) is 31.3 Å². The van der Waals surface area contributed by atoms with Crippen molar-refractivity contribution < 1.29 is 9.18 Å². The molecule has 0 spiro atoms. The van der Waals surface area contributed by atoms with Crippen LogP contribution in [-0.2, 0) is 6.54 Å². The van der Waals surface area contributed by atoms with Crippen molar-refractivity contribution in [3.05, 3.63) is 41.8 Å². The lowest BCUT2D eigenvalue weighted by Gasteiger charge is -2.08. The first-order valence-electron chi connectivity index (χ1n) is 7.13. The molecule has 2 rings (SSSR count). The Morgan fingerprint density at radius 1 is 1.38 bits per heavy atom. The highest BCUT2D eigenvalue weighted by atomic mass is 19.1. The first-order valence-corrected chi connectivity index (χ1v) is 7.13. The maximum absolute atomic E-state index is 13.3. The van der Waals surface area contributed by atoms with Crippen molar-refractivity contribution in [2.24, 2.45) is 5.92 Å². The second-order valence-electron chi connectivity index (χ2n) is 5.34. The standard InChI is InChI=1S/C16H20FN3O/c1-4-20-15(16(21)18-10-11(2)3)9-14(19-20)12-6-5-7-13(17)8-12/h5-9,11H,4,10H2,1-3H3,(H,18,21). The number of aryl methyl sites for hydroxylation is 1. The number of hydrogen-bond acceptors (Lipinski definition) is 2. The van der Waals surface area contributed by atoms with E-state index < -0.39 is 0 Å². The number of carbonyl (C=O) groups is 1. The van der Waals surface area contributed by atoms with Crippen LogP contribution in [0.5, 0.6) is 0 Å². The first-order chi connectivity index (χ1) is 10.0. The average Bonchev–Trinajstić information content (AvgIpc) is 2.89. The maximum Gasteiger partial charge on any atom is 0.269 e. The molecule has 0 aliphatic carbocycles. The number of carbonyl (C=O) groups excluding carboxylic acids is 1. The van der Waals surface area contributed by atoms with Gasteiger partial charge < -0.3 is 5.32 Å². The van der Waals surface area contributed by atoms with Crippen LogP contribution >= 0.6 is 0 Å². The summed E-state index contributed by atoms with van der Waals surface area (Å²) in [6.45, 7) is 7.19. The van der Waals surface area contributed by atoms with Crippen molar-refractivity contribution >= 4 is 5.91 Å². The van der Waals surface area contributed by atoms with E-state index in [1.54, 1.807) is 22.9 Å². The molecule has 2 aromatic rings. The van der Waals surface area contributed by atoms with E-state index in [4.69, 9.17) is 0 Å². The summed E-state index contributed by atoms with van der Waals surface area (Å²) in [6, 6.07) is 7.91. The second-order valence-corrected chi connectivity index (χ2v) is 5.34. The van der Waals surface area contributed by atoms with E-state index in [9.17, 15) is 9.18 Å². The smallest absolute Gasteiger partial charge is 0.269 e. The molecule has 0 fully saturated rings. The molecular formula is C16H20FN3O. The van der Waals surface area contributed by atoms with Crippen molar-refractivity contribution in [2.75, 3.05) is 6.54 Å². The molecule has 0 bridgehead atoms. The molecule has 1 heterocycles. The van der Waals surface area contributed by atoms with Gasteiger partial charge in [-0.15, -0.1) is 0 Å². The maximum atomic E-state index is 13.3. The van der Waals surface area contributed by atoms with Gasteiger partial charge >= 0.3 is 0 Å². The lowest BCUT2D eigenvalue weighted by Crippen LogP contribution is -2.29. The Labute approximate surface area is 124 Å². The average molecular weight is 289 g/mol. The van der Waals surface area contributed by atoms with Crippen molar-refractivity contribution in [3.8, 4) is 11.3 Å². The van der Waals surface area contributed by atoms with E-state index in [1.165, 1.54) is 12.1 Å². The molecule has 0 saturated heterocycles. The summed E-state index contributed by atoms with van der Waals surface area (Å²) in [7, 11) is 0. The monoisotopic (exact) mass is 289 g/mol. The van der Waals surface area contributed by atoms with Crippen LogP contribution in [0.4, 0.5) is 4.39 Å². The van der Waals surface area contributed by atoms with Gasteiger partial charge in [-0.3, -0.25) is 9.48 Å². The van der Waals surface area contributed by atoms with Crippen molar-refractivity contribution in [1.82, 2.24) is 15.1 Å².